The Morgan fingerprint density at radius 2 is 2.00 bits per heavy atom. The second-order valence-corrected chi connectivity index (χ2v) is 6.29. The van der Waals surface area contributed by atoms with Gasteiger partial charge in [-0.15, -0.1) is 0 Å². The summed E-state index contributed by atoms with van der Waals surface area (Å²) in [7, 11) is 1.53. The number of carbonyl (C=O) groups excluding carboxylic acids is 1. The summed E-state index contributed by atoms with van der Waals surface area (Å²) in [4.78, 5) is 12.4. The van der Waals surface area contributed by atoms with Crippen LogP contribution in [0.25, 0.3) is 0 Å². The molecule has 0 aliphatic rings. The highest BCUT2D eigenvalue weighted by molar-refractivity contribution is 9.10. The second-order valence-electron chi connectivity index (χ2n) is 5.44. The van der Waals surface area contributed by atoms with E-state index in [1.54, 1.807) is 12.1 Å². The molecule has 0 aliphatic heterocycles. The van der Waals surface area contributed by atoms with Gasteiger partial charge in [-0.2, -0.15) is 5.26 Å². The van der Waals surface area contributed by atoms with Crippen LogP contribution in [0.2, 0.25) is 0 Å². The number of amides is 1. The number of nitriles is 1. The molecule has 0 aromatic heterocycles. The first-order valence-corrected chi connectivity index (χ1v) is 8.33. The standard InChI is InChI=1S/C19H18BrN3O2/c1-12-4-7-18(25-3)17(8-12)23-19(24)14(10-21)11-22-15-5-6-16(20)13(2)9-15/h4-9,11,22H,1-3H3,(H,23,24)/b14-11-. The van der Waals surface area contributed by atoms with E-state index in [1.807, 2.05) is 44.2 Å². The average molecular weight is 400 g/mol. The van der Waals surface area contributed by atoms with E-state index in [0.29, 0.717) is 11.4 Å². The highest BCUT2D eigenvalue weighted by Crippen LogP contribution is 2.25. The Kier molecular flexibility index (Phi) is 6.20. The van der Waals surface area contributed by atoms with Gasteiger partial charge in [0.05, 0.1) is 12.8 Å². The summed E-state index contributed by atoms with van der Waals surface area (Å²) >= 11 is 3.43. The molecule has 1 amide bonds. The van der Waals surface area contributed by atoms with Crippen molar-refractivity contribution in [3.05, 3.63) is 63.8 Å². The van der Waals surface area contributed by atoms with Crippen molar-refractivity contribution in [1.29, 1.82) is 5.26 Å². The molecule has 2 aromatic carbocycles. The van der Waals surface area contributed by atoms with E-state index in [1.165, 1.54) is 13.3 Å². The van der Waals surface area contributed by atoms with E-state index in [4.69, 9.17) is 4.74 Å². The zero-order chi connectivity index (χ0) is 18.4. The molecule has 2 rings (SSSR count). The summed E-state index contributed by atoms with van der Waals surface area (Å²) in [5.41, 5.74) is 3.29. The Hall–Kier alpha value is -2.78. The molecule has 0 fully saturated rings. The SMILES string of the molecule is COc1ccc(C)cc1NC(=O)/C(C#N)=C\Nc1ccc(Br)c(C)c1. The topological polar surface area (TPSA) is 74.1 Å². The maximum absolute atomic E-state index is 12.4. The predicted molar refractivity (Wildman–Crippen MR) is 103 cm³/mol. The molecule has 0 bridgehead atoms. The largest absolute Gasteiger partial charge is 0.495 e. The molecule has 128 valence electrons. The highest BCUT2D eigenvalue weighted by Gasteiger charge is 2.12. The molecule has 0 spiro atoms. The minimum Gasteiger partial charge on any atom is -0.495 e. The van der Waals surface area contributed by atoms with E-state index in [9.17, 15) is 10.1 Å². The van der Waals surface area contributed by atoms with Crippen LogP contribution in [0.3, 0.4) is 0 Å². The van der Waals surface area contributed by atoms with Gasteiger partial charge < -0.3 is 15.4 Å². The molecule has 5 nitrogen and oxygen atoms in total. The van der Waals surface area contributed by atoms with Crippen LogP contribution in [0.5, 0.6) is 5.75 Å². The number of ether oxygens (including phenoxy) is 1. The molecular weight excluding hydrogens is 382 g/mol. The van der Waals surface area contributed by atoms with Crippen LogP contribution in [0.4, 0.5) is 11.4 Å². The molecule has 0 saturated carbocycles. The lowest BCUT2D eigenvalue weighted by Gasteiger charge is -2.11. The van der Waals surface area contributed by atoms with Gasteiger partial charge in [0.2, 0.25) is 0 Å². The number of nitrogens with one attached hydrogen (secondary N) is 2. The van der Waals surface area contributed by atoms with Crippen LogP contribution in [0.15, 0.2) is 52.6 Å². The van der Waals surface area contributed by atoms with Crippen molar-refractivity contribution in [3.63, 3.8) is 0 Å². The van der Waals surface area contributed by atoms with Gasteiger partial charge in [-0.1, -0.05) is 22.0 Å². The van der Waals surface area contributed by atoms with Crippen molar-refractivity contribution >= 4 is 33.2 Å². The normalized spacial score (nSPS) is 10.8. The number of aryl methyl sites for hydroxylation is 2. The van der Waals surface area contributed by atoms with Gasteiger partial charge >= 0.3 is 0 Å². The molecule has 6 heteroatoms. The fraction of sp³-hybridized carbons (Fsp3) is 0.158. The highest BCUT2D eigenvalue weighted by atomic mass is 79.9. The van der Waals surface area contributed by atoms with Gasteiger partial charge in [0, 0.05) is 16.4 Å². The predicted octanol–water partition coefficient (Wildman–Crippen LogP) is 4.53. The Morgan fingerprint density at radius 3 is 2.64 bits per heavy atom. The molecule has 0 aliphatic carbocycles. The number of benzene rings is 2. The van der Waals surface area contributed by atoms with E-state index in [2.05, 4.69) is 26.6 Å². The smallest absolute Gasteiger partial charge is 0.267 e. The van der Waals surface area contributed by atoms with E-state index in [0.717, 1.165) is 21.3 Å². The van der Waals surface area contributed by atoms with Gasteiger partial charge in [-0.25, -0.2) is 0 Å². The van der Waals surface area contributed by atoms with Crippen molar-refractivity contribution in [2.75, 3.05) is 17.7 Å². The van der Waals surface area contributed by atoms with Crippen molar-refractivity contribution in [1.82, 2.24) is 0 Å². The van der Waals surface area contributed by atoms with Crippen LogP contribution < -0.4 is 15.4 Å². The van der Waals surface area contributed by atoms with E-state index in [-0.39, 0.29) is 5.57 Å². The van der Waals surface area contributed by atoms with Gasteiger partial charge in [-0.05, 0) is 55.3 Å². The summed E-state index contributed by atoms with van der Waals surface area (Å²) in [6.45, 7) is 3.87. The fourth-order valence-electron chi connectivity index (χ4n) is 2.15. The van der Waals surface area contributed by atoms with Crippen LogP contribution in [-0.2, 0) is 4.79 Å². The molecule has 0 atom stereocenters. The van der Waals surface area contributed by atoms with Gasteiger partial charge in [0.1, 0.15) is 17.4 Å². The number of carbonyl (C=O) groups is 1. The maximum Gasteiger partial charge on any atom is 0.267 e. The molecular formula is C19H18BrN3O2. The van der Waals surface area contributed by atoms with Crippen molar-refractivity contribution in [3.8, 4) is 11.8 Å². The van der Waals surface area contributed by atoms with Crippen molar-refractivity contribution in [2.45, 2.75) is 13.8 Å². The van der Waals surface area contributed by atoms with Crippen LogP contribution >= 0.6 is 15.9 Å². The molecule has 2 N–H and O–H groups in total. The van der Waals surface area contributed by atoms with Crippen LogP contribution in [0.1, 0.15) is 11.1 Å². The van der Waals surface area contributed by atoms with Crippen molar-refractivity contribution < 1.29 is 9.53 Å². The zero-order valence-electron chi connectivity index (χ0n) is 14.2. The third-order valence-corrected chi connectivity index (χ3v) is 4.40. The summed E-state index contributed by atoms with van der Waals surface area (Å²) < 4.78 is 6.22. The molecule has 0 saturated heterocycles. The van der Waals surface area contributed by atoms with Gasteiger partial charge in [0.25, 0.3) is 5.91 Å². The summed E-state index contributed by atoms with van der Waals surface area (Å²) in [6, 6.07) is 13.0. The number of halogens is 1. The van der Waals surface area contributed by atoms with E-state index >= 15 is 0 Å². The lowest BCUT2D eigenvalue weighted by Crippen LogP contribution is -2.15. The third kappa shape index (κ3) is 4.85. The summed E-state index contributed by atoms with van der Waals surface area (Å²) in [5.74, 6) is 0.0282. The Balaban J connectivity index is 2.17. The number of hydrogen-bond acceptors (Lipinski definition) is 4. The lowest BCUT2D eigenvalue weighted by atomic mass is 10.2. The third-order valence-electron chi connectivity index (χ3n) is 3.51. The quantitative estimate of drug-likeness (QED) is 0.571. The fourth-order valence-corrected chi connectivity index (χ4v) is 2.39. The number of hydrogen-bond donors (Lipinski definition) is 2. The summed E-state index contributed by atoms with van der Waals surface area (Å²) in [5, 5.41) is 15.0. The zero-order valence-corrected chi connectivity index (χ0v) is 15.8. The Bertz CT molecular complexity index is 869. The monoisotopic (exact) mass is 399 g/mol. The summed E-state index contributed by atoms with van der Waals surface area (Å²) in [6.07, 6.45) is 1.39. The molecule has 0 heterocycles. The first-order chi connectivity index (χ1) is 11.9. The Morgan fingerprint density at radius 1 is 1.24 bits per heavy atom. The Labute approximate surface area is 155 Å². The first-order valence-electron chi connectivity index (χ1n) is 7.53. The number of methoxy groups -OCH3 is 1. The number of nitrogens with zero attached hydrogens (tertiary/aromatic N) is 1. The van der Waals surface area contributed by atoms with Gasteiger partial charge in [0.15, 0.2) is 0 Å². The van der Waals surface area contributed by atoms with Crippen molar-refractivity contribution in [2.24, 2.45) is 0 Å². The maximum atomic E-state index is 12.4. The second kappa shape index (κ2) is 8.36. The lowest BCUT2D eigenvalue weighted by molar-refractivity contribution is -0.112. The minimum atomic E-state index is -0.507. The van der Waals surface area contributed by atoms with Crippen LogP contribution in [-0.4, -0.2) is 13.0 Å². The molecule has 25 heavy (non-hydrogen) atoms. The first kappa shape index (κ1) is 18.6. The van der Waals surface area contributed by atoms with Crippen LogP contribution in [0, 0.1) is 25.2 Å². The molecule has 0 radical (unpaired) electrons. The van der Waals surface area contributed by atoms with E-state index < -0.39 is 5.91 Å². The minimum absolute atomic E-state index is 0.0378. The van der Waals surface area contributed by atoms with Gasteiger partial charge in [-0.3, -0.25) is 4.79 Å². The number of rotatable bonds is 5. The molecule has 2 aromatic rings. The molecule has 0 unspecified atom stereocenters. The number of anilines is 2. The average Bonchev–Trinajstić information content (AvgIpc) is 2.58.